The van der Waals surface area contributed by atoms with Crippen LogP contribution in [0.5, 0.6) is 11.5 Å². The Hall–Kier alpha value is -3.75. The van der Waals surface area contributed by atoms with Gasteiger partial charge in [-0.15, -0.1) is 0 Å². The molecule has 0 unspecified atom stereocenters. The van der Waals surface area contributed by atoms with Crippen LogP contribution in [0, 0.1) is 0 Å². The Labute approximate surface area is 213 Å². The van der Waals surface area contributed by atoms with Gasteiger partial charge in [0.05, 0.1) is 18.2 Å². The van der Waals surface area contributed by atoms with Crippen molar-refractivity contribution in [2.24, 2.45) is 0 Å². The summed E-state index contributed by atoms with van der Waals surface area (Å²) >= 11 is 0. The molecule has 1 aromatic heterocycles. The average Bonchev–Trinajstić information content (AvgIpc) is 2.91. The Morgan fingerprint density at radius 3 is 2.49 bits per heavy atom. The lowest BCUT2D eigenvalue weighted by atomic mass is 10.0. The van der Waals surface area contributed by atoms with Gasteiger partial charge in [-0.2, -0.15) is 0 Å². The summed E-state index contributed by atoms with van der Waals surface area (Å²) < 4.78 is 34.1. The van der Waals surface area contributed by atoms with Crippen molar-refractivity contribution in [2.75, 3.05) is 19.7 Å². The molecule has 37 heavy (non-hydrogen) atoms. The number of phenols is 1. The van der Waals surface area contributed by atoms with E-state index in [0.717, 1.165) is 12.0 Å². The maximum atomic E-state index is 14.2. The fourth-order valence-corrected chi connectivity index (χ4v) is 4.19. The van der Waals surface area contributed by atoms with Crippen molar-refractivity contribution in [3.05, 3.63) is 106 Å². The molecule has 8 heteroatoms. The molecule has 0 aliphatic heterocycles. The number of benzene rings is 3. The highest BCUT2D eigenvalue weighted by Crippen LogP contribution is 2.32. The van der Waals surface area contributed by atoms with E-state index >= 15 is 0 Å². The Morgan fingerprint density at radius 1 is 0.973 bits per heavy atom. The molecular formula is C29H30F2N2O4. The molecule has 194 valence electrons. The summed E-state index contributed by atoms with van der Waals surface area (Å²) in [6, 6.07) is 21.4. The molecule has 4 aromatic rings. The summed E-state index contributed by atoms with van der Waals surface area (Å²) in [5, 5.41) is 24.4. The predicted molar refractivity (Wildman–Crippen MR) is 139 cm³/mol. The SMILES string of the molecule is O=c1ccc2c([C@H](O)CNCCc3ccc(OCCCC(F)(F)c4ccccc4)cc3)ccc(O)c2[nH]1. The van der Waals surface area contributed by atoms with Gasteiger partial charge in [-0.3, -0.25) is 4.79 Å². The van der Waals surface area contributed by atoms with Gasteiger partial charge in [-0.05, 0) is 54.8 Å². The van der Waals surface area contributed by atoms with Crippen LogP contribution in [-0.4, -0.2) is 34.9 Å². The molecule has 0 saturated carbocycles. The number of halogens is 2. The van der Waals surface area contributed by atoms with Crippen LogP contribution in [0.4, 0.5) is 8.78 Å². The first-order chi connectivity index (χ1) is 17.8. The van der Waals surface area contributed by atoms with Crippen LogP contribution in [0.15, 0.2) is 83.7 Å². The molecule has 1 heterocycles. The standard InChI is InChI=1S/C29H30F2N2O4/c30-29(31,21-5-2-1-3-6-21)16-4-18-37-22-9-7-20(8-10-22)15-17-32-19-26(35)23-11-13-25(34)28-24(23)12-14-27(36)33-28/h1-3,5-14,26,32,34-35H,4,15-19H2,(H,33,36)/t26-/m1/s1. The number of ether oxygens (including phenoxy) is 1. The van der Waals surface area contributed by atoms with Gasteiger partial charge in [0.25, 0.3) is 5.92 Å². The van der Waals surface area contributed by atoms with E-state index in [9.17, 15) is 23.8 Å². The summed E-state index contributed by atoms with van der Waals surface area (Å²) in [7, 11) is 0. The van der Waals surface area contributed by atoms with Crippen molar-refractivity contribution in [3.63, 3.8) is 0 Å². The zero-order chi connectivity index (χ0) is 26.3. The molecule has 6 nitrogen and oxygen atoms in total. The number of rotatable bonds is 12. The van der Waals surface area contributed by atoms with E-state index in [1.807, 2.05) is 24.3 Å². The normalized spacial score (nSPS) is 12.5. The van der Waals surface area contributed by atoms with E-state index in [1.165, 1.54) is 24.3 Å². The van der Waals surface area contributed by atoms with Gasteiger partial charge in [0.2, 0.25) is 5.56 Å². The van der Waals surface area contributed by atoms with Crippen LogP contribution < -0.4 is 15.6 Å². The quantitative estimate of drug-likeness (QED) is 0.201. The fourth-order valence-electron chi connectivity index (χ4n) is 4.19. The van der Waals surface area contributed by atoms with Crippen molar-refractivity contribution >= 4 is 10.9 Å². The van der Waals surface area contributed by atoms with E-state index in [-0.39, 0.29) is 36.3 Å². The lowest BCUT2D eigenvalue weighted by Gasteiger charge is -2.16. The molecule has 0 fully saturated rings. The summed E-state index contributed by atoms with van der Waals surface area (Å²) in [5.41, 5.74) is 1.68. The maximum Gasteiger partial charge on any atom is 0.273 e. The molecule has 1 atom stereocenters. The number of phenolic OH excluding ortho intramolecular Hbond substituents is 1. The van der Waals surface area contributed by atoms with Gasteiger partial charge in [0.1, 0.15) is 11.5 Å². The Balaban J connectivity index is 1.19. The van der Waals surface area contributed by atoms with Gasteiger partial charge in [-0.1, -0.05) is 48.5 Å². The highest BCUT2D eigenvalue weighted by atomic mass is 19.3. The van der Waals surface area contributed by atoms with Crippen molar-refractivity contribution in [2.45, 2.75) is 31.3 Å². The highest BCUT2D eigenvalue weighted by Gasteiger charge is 2.30. The van der Waals surface area contributed by atoms with Crippen LogP contribution in [0.1, 0.15) is 35.6 Å². The van der Waals surface area contributed by atoms with Crippen molar-refractivity contribution in [1.29, 1.82) is 0 Å². The number of fused-ring (bicyclic) bond motifs is 1. The average molecular weight is 509 g/mol. The minimum Gasteiger partial charge on any atom is -0.506 e. The number of aromatic hydroxyl groups is 1. The summed E-state index contributed by atoms with van der Waals surface area (Å²) in [4.78, 5) is 14.2. The number of aliphatic hydroxyl groups is 1. The van der Waals surface area contributed by atoms with Gasteiger partial charge in [-0.25, -0.2) is 8.78 Å². The molecular weight excluding hydrogens is 478 g/mol. The number of aromatic amines is 1. The molecule has 0 saturated heterocycles. The number of aromatic nitrogens is 1. The monoisotopic (exact) mass is 508 g/mol. The van der Waals surface area contributed by atoms with Crippen LogP contribution >= 0.6 is 0 Å². The van der Waals surface area contributed by atoms with Crippen LogP contribution in [0.25, 0.3) is 10.9 Å². The zero-order valence-corrected chi connectivity index (χ0v) is 20.3. The van der Waals surface area contributed by atoms with Crippen LogP contribution in [0.3, 0.4) is 0 Å². The molecule has 0 aliphatic carbocycles. The van der Waals surface area contributed by atoms with Gasteiger partial charge >= 0.3 is 0 Å². The number of pyridine rings is 1. The second kappa shape index (κ2) is 12.0. The first kappa shape index (κ1) is 26.3. The summed E-state index contributed by atoms with van der Waals surface area (Å²) in [6.45, 7) is 1.13. The molecule has 0 amide bonds. The third kappa shape index (κ3) is 6.93. The number of nitrogens with one attached hydrogen (secondary N) is 2. The largest absolute Gasteiger partial charge is 0.506 e. The van der Waals surface area contributed by atoms with E-state index in [0.29, 0.717) is 35.3 Å². The smallest absolute Gasteiger partial charge is 0.273 e. The van der Waals surface area contributed by atoms with Crippen molar-refractivity contribution in [3.8, 4) is 11.5 Å². The fraction of sp³-hybridized carbons (Fsp3) is 0.276. The number of alkyl halides is 2. The van der Waals surface area contributed by atoms with E-state index in [4.69, 9.17) is 4.74 Å². The first-order valence-corrected chi connectivity index (χ1v) is 12.2. The van der Waals surface area contributed by atoms with Crippen LogP contribution in [0.2, 0.25) is 0 Å². The number of H-pyrrole nitrogens is 1. The highest BCUT2D eigenvalue weighted by molar-refractivity contribution is 5.87. The third-order valence-corrected chi connectivity index (χ3v) is 6.22. The van der Waals surface area contributed by atoms with Gasteiger partial charge in [0, 0.05) is 30.0 Å². The molecule has 0 spiro atoms. The number of hydrogen-bond donors (Lipinski definition) is 4. The van der Waals surface area contributed by atoms with Gasteiger partial charge in [0.15, 0.2) is 0 Å². The number of hydrogen-bond acceptors (Lipinski definition) is 5. The molecule has 0 aliphatic rings. The van der Waals surface area contributed by atoms with Crippen LogP contribution in [-0.2, 0) is 12.3 Å². The lowest BCUT2D eigenvalue weighted by Crippen LogP contribution is -2.24. The molecule has 4 rings (SSSR count). The molecule has 4 N–H and O–H groups in total. The van der Waals surface area contributed by atoms with E-state index in [2.05, 4.69) is 10.3 Å². The van der Waals surface area contributed by atoms with Crippen molar-refractivity contribution in [1.82, 2.24) is 10.3 Å². The topological polar surface area (TPSA) is 94.6 Å². The zero-order valence-electron chi connectivity index (χ0n) is 20.3. The third-order valence-electron chi connectivity index (χ3n) is 6.22. The predicted octanol–water partition coefficient (Wildman–Crippen LogP) is 5.05. The lowest BCUT2D eigenvalue weighted by molar-refractivity contribution is -0.0180. The second-order valence-electron chi connectivity index (χ2n) is 8.92. The van der Waals surface area contributed by atoms with Crippen molar-refractivity contribution < 1.29 is 23.7 Å². The minimum atomic E-state index is -2.87. The van der Waals surface area contributed by atoms with E-state index < -0.39 is 12.0 Å². The molecule has 0 radical (unpaired) electrons. The Bertz CT molecular complexity index is 1360. The maximum absolute atomic E-state index is 14.2. The molecule has 3 aromatic carbocycles. The Kier molecular flexibility index (Phi) is 8.53. The summed E-state index contributed by atoms with van der Waals surface area (Å²) in [5.74, 6) is -2.29. The first-order valence-electron chi connectivity index (χ1n) is 12.2. The second-order valence-corrected chi connectivity index (χ2v) is 8.92. The summed E-state index contributed by atoms with van der Waals surface area (Å²) in [6.07, 6.45) is -0.133. The van der Waals surface area contributed by atoms with E-state index in [1.54, 1.807) is 30.3 Å². The number of aliphatic hydroxyl groups excluding tert-OH is 1. The van der Waals surface area contributed by atoms with Gasteiger partial charge < -0.3 is 25.3 Å². The molecule has 0 bridgehead atoms. The minimum absolute atomic E-state index is 0.0215. The Morgan fingerprint density at radius 2 is 1.73 bits per heavy atom.